The SMILES string of the molecule is Cc1cc(C)[nH+]c(C)c1.[O-][Cl+3]([O-])([O-])OI.[O-][Cl+3]([O-])([O-])[O-]. The van der Waals surface area contributed by atoms with Crippen LogP contribution in [0.5, 0.6) is 0 Å². The molecule has 118 valence electrons. The summed E-state index contributed by atoms with van der Waals surface area (Å²) in [6, 6.07) is 4.26. The molecule has 0 saturated heterocycles. The van der Waals surface area contributed by atoms with Crippen LogP contribution in [-0.2, 0) is 2.62 Å². The topological polar surface area (TPSA) is 185 Å². The lowest BCUT2D eigenvalue weighted by atomic mass is 10.2. The summed E-state index contributed by atoms with van der Waals surface area (Å²) in [6.07, 6.45) is 0. The number of hydrogen-bond donors (Lipinski definition) is 0. The van der Waals surface area contributed by atoms with E-state index in [9.17, 15) is 14.0 Å². The van der Waals surface area contributed by atoms with Gasteiger partial charge in [-0.3, -0.25) is 0 Å². The van der Waals surface area contributed by atoms with Gasteiger partial charge in [0.15, 0.2) is 11.4 Å². The summed E-state index contributed by atoms with van der Waals surface area (Å²) in [5.74, 6) is 0. The van der Waals surface area contributed by atoms with Crippen LogP contribution in [0.2, 0.25) is 0 Å². The standard InChI is InChI=1S/C8H11N.ClIO4.ClHO4/c1-6-4-7(2)9-8(3)5-6;2-6-1(3,4)5;2-1(3,4)5/h4-5H,1-3H3;;(H,2,3,4,5). The third kappa shape index (κ3) is 23.2. The van der Waals surface area contributed by atoms with Crippen molar-refractivity contribution < 1.29 is 60.7 Å². The number of aromatic amines is 1. The highest BCUT2D eigenvalue weighted by molar-refractivity contribution is 14.1. The maximum atomic E-state index is 9.19. The Morgan fingerprint density at radius 3 is 1.30 bits per heavy atom. The largest absolute Gasteiger partial charge is 0.322 e. The van der Waals surface area contributed by atoms with Gasteiger partial charge in [0.1, 0.15) is 2.62 Å². The molecule has 0 spiro atoms. The molecule has 0 aliphatic carbocycles. The first kappa shape index (κ1) is 22.4. The van der Waals surface area contributed by atoms with Crippen molar-refractivity contribution in [3.8, 4) is 0 Å². The van der Waals surface area contributed by atoms with Crippen LogP contribution >= 0.6 is 23.0 Å². The summed E-state index contributed by atoms with van der Waals surface area (Å²) in [5.41, 5.74) is 3.78. The zero-order valence-corrected chi connectivity index (χ0v) is 14.2. The van der Waals surface area contributed by atoms with Crippen LogP contribution in [0.25, 0.3) is 0 Å². The number of pyridine rings is 1. The molecule has 12 heteroatoms. The Kier molecular flexibility index (Phi) is 11.2. The van der Waals surface area contributed by atoms with Crippen LogP contribution in [-0.4, -0.2) is 0 Å². The Balaban J connectivity index is 0. The molecule has 0 atom stereocenters. The van der Waals surface area contributed by atoms with E-state index in [1.807, 2.05) is 0 Å². The van der Waals surface area contributed by atoms with Gasteiger partial charge in [-0.05, 0) is 12.5 Å². The second-order valence-electron chi connectivity index (χ2n) is 3.34. The number of H-pyrrole nitrogens is 1. The fourth-order valence-corrected chi connectivity index (χ4v) is 1.11. The van der Waals surface area contributed by atoms with Crippen molar-refractivity contribution in [2.45, 2.75) is 20.8 Å². The van der Waals surface area contributed by atoms with Gasteiger partial charge in [-0.15, -0.1) is 10.2 Å². The third-order valence-electron chi connectivity index (χ3n) is 1.35. The molecule has 0 saturated carbocycles. The highest BCUT2D eigenvalue weighted by Gasteiger charge is 2.11. The quantitative estimate of drug-likeness (QED) is 0.380. The Bertz CT molecular complexity index is 339. The fourth-order valence-electron chi connectivity index (χ4n) is 1.11. The highest BCUT2D eigenvalue weighted by atomic mass is 127. The van der Waals surface area contributed by atoms with Gasteiger partial charge in [-0.1, -0.05) is 0 Å². The van der Waals surface area contributed by atoms with Crippen molar-refractivity contribution in [2.75, 3.05) is 0 Å². The number of halogens is 3. The van der Waals surface area contributed by atoms with E-state index in [2.05, 4.69) is 40.5 Å². The van der Waals surface area contributed by atoms with Gasteiger partial charge in [0.25, 0.3) is 0 Å². The predicted molar refractivity (Wildman–Crippen MR) is 52.3 cm³/mol. The molecule has 1 aromatic heterocycles. The molecule has 1 rings (SSSR count). The molecule has 0 aromatic carbocycles. The van der Waals surface area contributed by atoms with E-state index in [1.54, 1.807) is 0 Å². The highest BCUT2D eigenvalue weighted by Crippen LogP contribution is 1.97. The van der Waals surface area contributed by atoms with Crippen molar-refractivity contribution in [2.24, 2.45) is 0 Å². The molecule has 9 nitrogen and oxygen atoms in total. The Morgan fingerprint density at radius 1 is 0.900 bits per heavy atom. The second-order valence-corrected chi connectivity index (χ2v) is 5.97. The van der Waals surface area contributed by atoms with Gasteiger partial charge >= 0.3 is 23.0 Å². The molecule has 0 aliphatic heterocycles. The first-order valence-corrected chi connectivity index (χ1v) is 7.89. The smallest absolute Gasteiger partial charge is 0.222 e. The first-order valence-electron chi connectivity index (χ1n) is 4.54. The summed E-state index contributed by atoms with van der Waals surface area (Å²) in [6.45, 7) is 6.24. The minimum atomic E-state index is -4.94. The predicted octanol–water partition coefficient (Wildman–Crippen LogP) is -6.08. The normalized spacial score (nSPS) is 10.9. The van der Waals surface area contributed by atoms with Gasteiger partial charge in [0.2, 0.25) is 0 Å². The maximum absolute atomic E-state index is 9.19. The van der Waals surface area contributed by atoms with Crippen LogP contribution in [0.15, 0.2) is 12.1 Å². The monoisotopic (exact) mass is 447 g/mol. The van der Waals surface area contributed by atoms with E-state index in [-0.39, 0.29) is 0 Å². The van der Waals surface area contributed by atoms with Crippen LogP contribution in [0.4, 0.5) is 0 Å². The average Bonchev–Trinajstić information content (AvgIpc) is 2.12. The molecule has 1 N–H and O–H groups in total. The molecular formula is C8H12Cl2INO8. The molecule has 20 heavy (non-hydrogen) atoms. The lowest BCUT2D eigenvalue weighted by Gasteiger charge is -2.17. The number of nitrogens with one attached hydrogen (secondary N) is 1. The van der Waals surface area contributed by atoms with Crippen LogP contribution in [0.1, 0.15) is 17.0 Å². The molecule has 0 unspecified atom stereocenters. The molecule has 0 aliphatic rings. The average molecular weight is 448 g/mol. The zero-order valence-electron chi connectivity index (χ0n) is 10.6. The third-order valence-corrected chi connectivity index (χ3v) is 2.72. The van der Waals surface area contributed by atoms with E-state index < -0.39 is 20.5 Å². The van der Waals surface area contributed by atoms with Gasteiger partial charge in [-0.2, -0.15) is 14.0 Å². The van der Waals surface area contributed by atoms with Crippen molar-refractivity contribution in [3.05, 3.63) is 29.1 Å². The second kappa shape index (κ2) is 9.97. The maximum Gasteiger partial charge on any atom is 0.322 e. The number of hydrogen-bond acceptors (Lipinski definition) is 8. The number of aryl methyl sites for hydroxylation is 3. The number of aromatic nitrogens is 1. The van der Waals surface area contributed by atoms with E-state index in [0.29, 0.717) is 0 Å². The molecule has 0 amide bonds. The fraction of sp³-hybridized carbons (Fsp3) is 0.375. The van der Waals surface area contributed by atoms with Gasteiger partial charge in [0, 0.05) is 26.0 Å². The summed E-state index contributed by atoms with van der Waals surface area (Å²) >= 11 is 0.981. The van der Waals surface area contributed by atoms with Crippen molar-refractivity contribution in [1.29, 1.82) is 0 Å². The Labute approximate surface area is 133 Å². The molecular weight excluding hydrogens is 436 g/mol. The van der Waals surface area contributed by atoms with E-state index in [0.717, 1.165) is 23.0 Å². The lowest BCUT2D eigenvalue weighted by molar-refractivity contribution is -2.00. The lowest BCUT2D eigenvalue weighted by Crippen LogP contribution is -2.68. The first-order chi connectivity index (χ1) is 8.74. The van der Waals surface area contributed by atoms with Crippen LogP contribution in [0.3, 0.4) is 0 Å². The van der Waals surface area contributed by atoms with E-state index in [4.69, 9.17) is 18.6 Å². The molecule has 0 fully saturated rings. The van der Waals surface area contributed by atoms with Crippen molar-refractivity contribution in [3.63, 3.8) is 0 Å². The van der Waals surface area contributed by atoms with Gasteiger partial charge < -0.3 is 0 Å². The summed E-state index contributed by atoms with van der Waals surface area (Å²) in [7, 11) is -9.14. The minimum absolute atomic E-state index is 0.981. The minimum Gasteiger partial charge on any atom is -0.222 e. The molecule has 0 radical (unpaired) electrons. The zero-order chi connectivity index (χ0) is 16.6. The van der Waals surface area contributed by atoms with Crippen LogP contribution in [0, 0.1) is 41.3 Å². The van der Waals surface area contributed by atoms with Gasteiger partial charge in [0.05, 0.1) is 10.2 Å². The molecule has 1 heterocycles. The summed E-state index contributed by atoms with van der Waals surface area (Å²) in [4.78, 5) is 3.21. The summed E-state index contributed by atoms with van der Waals surface area (Å²) < 4.78 is 64.8. The molecule has 0 bridgehead atoms. The Morgan fingerprint density at radius 2 is 1.15 bits per heavy atom. The summed E-state index contributed by atoms with van der Waals surface area (Å²) in [5, 5.41) is 0. The molecule has 1 aromatic rings. The van der Waals surface area contributed by atoms with E-state index >= 15 is 0 Å². The van der Waals surface area contributed by atoms with Crippen LogP contribution < -0.4 is 37.6 Å². The van der Waals surface area contributed by atoms with E-state index in [1.165, 1.54) is 17.0 Å². The van der Waals surface area contributed by atoms with Crippen molar-refractivity contribution in [1.82, 2.24) is 0 Å². The Hall–Kier alpha value is 0.140. The van der Waals surface area contributed by atoms with Gasteiger partial charge in [-0.25, -0.2) is 23.6 Å². The van der Waals surface area contributed by atoms with Crippen molar-refractivity contribution >= 4 is 23.0 Å². The number of rotatable bonds is 1.